The predicted molar refractivity (Wildman–Crippen MR) is 39.4 cm³/mol. The zero-order valence-electron chi connectivity index (χ0n) is 5.23. The van der Waals surface area contributed by atoms with E-state index in [2.05, 4.69) is 27.9 Å². The second-order valence-electron chi connectivity index (χ2n) is 2.57. The normalized spacial score (nSPS) is 31.5. The Hall–Kier alpha value is 0.440. The Morgan fingerprint density at radius 1 is 1.75 bits per heavy atom. The van der Waals surface area contributed by atoms with Gasteiger partial charge in [-0.25, -0.2) is 0 Å². The minimum atomic E-state index is 0.917. The van der Waals surface area contributed by atoms with Crippen molar-refractivity contribution in [2.75, 3.05) is 25.5 Å². The summed E-state index contributed by atoms with van der Waals surface area (Å²) in [4.78, 5) is 2.38. The van der Waals surface area contributed by atoms with Gasteiger partial charge in [0.25, 0.3) is 0 Å². The predicted octanol–water partition coefficient (Wildman–Crippen LogP) is 1.33. The van der Waals surface area contributed by atoms with Gasteiger partial charge in [-0.05, 0) is 25.9 Å². The molecule has 1 aliphatic rings. The van der Waals surface area contributed by atoms with Gasteiger partial charge in [-0.3, -0.25) is 0 Å². The van der Waals surface area contributed by atoms with Crippen molar-refractivity contribution >= 4 is 15.9 Å². The van der Waals surface area contributed by atoms with Crippen molar-refractivity contribution in [3.05, 3.63) is 0 Å². The lowest BCUT2D eigenvalue weighted by molar-refractivity contribution is 0.403. The molecule has 1 atom stereocenters. The van der Waals surface area contributed by atoms with Crippen LogP contribution >= 0.6 is 15.9 Å². The summed E-state index contributed by atoms with van der Waals surface area (Å²) in [5, 5.41) is 1.18. The molecule has 0 aromatic rings. The number of rotatable bonds is 1. The maximum atomic E-state index is 3.48. The Morgan fingerprint density at radius 2 is 2.50 bits per heavy atom. The van der Waals surface area contributed by atoms with Crippen molar-refractivity contribution < 1.29 is 0 Å². The molecule has 8 heavy (non-hydrogen) atoms. The first-order chi connectivity index (χ1) is 3.83. The number of halogens is 1. The zero-order chi connectivity index (χ0) is 5.98. The molecule has 0 bridgehead atoms. The fraction of sp³-hybridized carbons (Fsp3) is 1.00. The van der Waals surface area contributed by atoms with Crippen LogP contribution in [0.25, 0.3) is 0 Å². The molecule has 0 N–H and O–H groups in total. The summed E-state index contributed by atoms with van der Waals surface area (Å²) in [6.07, 6.45) is 1.38. The molecule has 0 saturated carbocycles. The van der Waals surface area contributed by atoms with E-state index in [0.29, 0.717) is 0 Å². The highest BCUT2D eigenvalue weighted by Crippen LogP contribution is 2.15. The SMILES string of the molecule is CN1CC[C@@H](CBr)C1. The maximum absolute atomic E-state index is 3.48. The Bertz CT molecular complexity index is 74.9. The van der Waals surface area contributed by atoms with Gasteiger partial charge >= 0.3 is 0 Å². The molecule has 1 saturated heterocycles. The van der Waals surface area contributed by atoms with E-state index in [0.717, 1.165) is 5.92 Å². The van der Waals surface area contributed by atoms with E-state index in [-0.39, 0.29) is 0 Å². The highest BCUT2D eigenvalue weighted by Gasteiger charge is 2.17. The molecule has 1 fully saturated rings. The molecule has 0 unspecified atom stereocenters. The average molecular weight is 178 g/mol. The van der Waals surface area contributed by atoms with E-state index in [1.165, 1.54) is 24.8 Å². The summed E-state index contributed by atoms with van der Waals surface area (Å²) < 4.78 is 0. The average Bonchev–Trinajstić information content (AvgIpc) is 2.14. The van der Waals surface area contributed by atoms with Crippen LogP contribution in [-0.4, -0.2) is 30.4 Å². The van der Waals surface area contributed by atoms with Crippen LogP contribution in [0.1, 0.15) is 6.42 Å². The highest BCUT2D eigenvalue weighted by molar-refractivity contribution is 9.09. The third-order valence-electron chi connectivity index (χ3n) is 1.71. The van der Waals surface area contributed by atoms with Gasteiger partial charge < -0.3 is 4.90 Å². The van der Waals surface area contributed by atoms with Gasteiger partial charge in [0.05, 0.1) is 0 Å². The second kappa shape index (κ2) is 2.83. The third-order valence-corrected chi connectivity index (χ3v) is 2.62. The Morgan fingerprint density at radius 3 is 2.75 bits per heavy atom. The van der Waals surface area contributed by atoms with E-state index >= 15 is 0 Å². The third kappa shape index (κ3) is 1.46. The van der Waals surface area contributed by atoms with Crippen LogP contribution in [0.5, 0.6) is 0 Å². The summed E-state index contributed by atoms with van der Waals surface area (Å²) in [7, 11) is 2.18. The minimum Gasteiger partial charge on any atom is -0.306 e. The summed E-state index contributed by atoms with van der Waals surface area (Å²) in [6.45, 7) is 2.57. The van der Waals surface area contributed by atoms with Gasteiger partial charge in [0.2, 0.25) is 0 Å². The molecule has 1 aliphatic heterocycles. The molecule has 0 radical (unpaired) electrons. The topological polar surface area (TPSA) is 3.24 Å². The quantitative estimate of drug-likeness (QED) is 0.547. The van der Waals surface area contributed by atoms with E-state index in [1.54, 1.807) is 0 Å². The first kappa shape index (κ1) is 6.56. The van der Waals surface area contributed by atoms with Gasteiger partial charge in [-0.1, -0.05) is 15.9 Å². The lowest BCUT2D eigenvalue weighted by Crippen LogP contribution is -2.14. The van der Waals surface area contributed by atoms with Crippen molar-refractivity contribution in [3.63, 3.8) is 0 Å². The van der Waals surface area contributed by atoms with Gasteiger partial charge in [0, 0.05) is 11.9 Å². The van der Waals surface area contributed by atoms with Crippen LogP contribution < -0.4 is 0 Å². The van der Waals surface area contributed by atoms with E-state index in [4.69, 9.17) is 0 Å². The molecule has 2 heteroatoms. The first-order valence-electron chi connectivity index (χ1n) is 3.07. The van der Waals surface area contributed by atoms with Crippen LogP contribution in [0, 0.1) is 5.92 Å². The minimum absolute atomic E-state index is 0.917. The van der Waals surface area contributed by atoms with Crippen LogP contribution in [0.15, 0.2) is 0 Å². The summed E-state index contributed by atoms with van der Waals surface area (Å²) >= 11 is 3.48. The lowest BCUT2D eigenvalue weighted by atomic mass is 10.2. The molecule has 1 heterocycles. The Balaban J connectivity index is 2.22. The van der Waals surface area contributed by atoms with Crippen LogP contribution in [0.2, 0.25) is 0 Å². The zero-order valence-corrected chi connectivity index (χ0v) is 6.82. The molecule has 0 aromatic carbocycles. The monoisotopic (exact) mass is 177 g/mol. The molecule has 0 spiro atoms. The van der Waals surface area contributed by atoms with E-state index < -0.39 is 0 Å². The number of likely N-dealkylation sites (tertiary alicyclic amines) is 1. The maximum Gasteiger partial charge on any atom is 0.00723 e. The first-order valence-corrected chi connectivity index (χ1v) is 4.19. The van der Waals surface area contributed by atoms with Crippen molar-refractivity contribution in [1.82, 2.24) is 4.90 Å². The van der Waals surface area contributed by atoms with E-state index in [1.807, 2.05) is 0 Å². The van der Waals surface area contributed by atoms with Gasteiger partial charge in [0.15, 0.2) is 0 Å². The largest absolute Gasteiger partial charge is 0.306 e. The lowest BCUT2D eigenvalue weighted by Gasteiger charge is -2.05. The molecule has 1 nitrogen and oxygen atoms in total. The summed E-state index contributed by atoms with van der Waals surface area (Å²) in [5.41, 5.74) is 0. The Labute approximate surface area is 59.2 Å². The standard InChI is InChI=1S/C6H12BrN/c1-8-3-2-6(4-7)5-8/h6H,2-5H2,1H3/t6-/m0/s1. The molecular weight excluding hydrogens is 166 g/mol. The highest BCUT2D eigenvalue weighted by atomic mass is 79.9. The number of hydrogen-bond donors (Lipinski definition) is 0. The van der Waals surface area contributed by atoms with Crippen LogP contribution in [0.3, 0.4) is 0 Å². The number of hydrogen-bond acceptors (Lipinski definition) is 1. The van der Waals surface area contributed by atoms with Crippen LogP contribution in [0.4, 0.5) is 0 Å². The summed E-state index contributed by atoms with van der Waals surface area (Å²) in [6, 6.07) is 0. The van der Waals surface area contributed by atoms with Gasteiger partial charge in [-0.15, -0.1) is 0 Å². The van der Waals surface area contributed by atoms with Crippen molar-refractivity contribution in [1.29, 1.82) is 0 Å². The fourth-order valence-electron chi connectivity index (χ4n) is 1.15. The molecule has 48 valence electrons. The molecular formula is C6H12BrN. The van der Waals surface area contributed by atoms with Crippen LogP contribution in [-0.2, 0) is 0 Å². The molecule has 0 aliphatic carbocycles. The van der Waals surface area contributed by atoms with E-state index in [9.17, 15) is 0 Å². The number of alkyl halides is 1. The molecule has 0 amide bonds. The van der Waals surface area contributed by atoms with Crippen molar-refractivity contribution in [3.8, 4) is 0 Å². The van der Waals surface area contributed by atoms with Crippen molar-refractivity contribution in [2.24, 2.45) is 5.92 Å². The second-order valence-corrected chi connectivity index (χ2v) is 3.22. The van der Waals surface area contributed by atoms with Gasteiger partial charge in [0.1, 0.15) is 0 Å². The Kier molecular flexibility index (Phi) is 2.32. The molecule has 1 rings (SSSR count). The summed E-state index contributed by atoms with van der Waals surface area (Å²) in [5.74, 6) is 0.917. The van der Waals surface area contributed by atoms with Gasteiger partial charge in [-0.2, -0.15) is 0 Å². The molecule has 0 aromatic heterocycles. The number of nitrogens with zero attached hydrogens (tertiary/aromatic N) is 1. The van der Waals surface area contributed by atoms with Crippen molar-refractivity contribution in [2.45, 2.75) is 6.42 Å². The fourth-order valence-corrected chi connectivity index (χ4v) is 1.68. The smallest absolute Gasteiger partial charge is 0.00723 e.